The van der Waals surface area contributed by atoms with Gasteiger partial charge in [-0.05, 0) is 60.7 Å². The second-order valence-corrected chi connectivity index (χ2v) is 7.01. The van der Waals surface area contributed by atoms with Crippen molar-refractivity contribution in [1.82, 2.24) is 4.98 Å². The highest BCUT2D eigenvalue weighted by molar-refractivity contribution is 6.01. The van der Waals surface area contributed by atoms with Crippen LogP contribution in [0.5, 0.6) is 0 Å². The molecule has 4 rings (SSSR count). The average Bonchev–Trinajstić information content (AvgIpc) is 2.71. The topological polar surface area (TPSA) is 39.2 Å². The van der Waals surface area contributed by atoms with E-state index in [0.717, 1.165) is 33.2 Å². The lowest BCUT2D eigenvalue weighted by Gasteiger charge is -2.11. The predicted molar refractivity (Wildman–Crippen MR) is 113 cm³/mol. The number of esters is 1. The lowest BCUT2D eigenvalue weighted by Crippen LogP contribution is -2.03. The molecular weight excluding hydrogens is 346 g/mol. The Hall–Kier alpha value is -3.46. The van der Waals surface area contributed by atoms with E-state index in [9.17, 15) is 4.79 Å². The summed E-state index contributed by atoms with van der Waals surface area (Å²) >= 11 is 0. The fourth-order valence-electron chi connectivity index (χ4n) is 3.71. The first kappa shape index (κ1) is 17.9. The first-order chi connectivity index (χ1) is 13.6. The summed E-state index contributed by atoms with van der Waals surface area (Å²) in [6.45, 7) is 4.20. The Morgan fingerprint density at radius 3 is 2.36 bits per heavy atom. The van der Waals surface area contributed by atoms with Gasteiger partial charge in [0, 0.05) is 17.1 Å². The summed E-state index contributed by atoms with van der Waals surface area (Å²) in [5.74, 6) is -0.332. The second-order valence-electron chi connectivity index (χ2n) is 7.01. The van der Waals surface area contributed by atoms with Gasteiger partial charge in [-0.15, -0.1) is 0 Å². The monoisotopic (exact) mass is 367 g/mol. The van der Waals surface area contributed by atoms with Crippen LogP contribution >= 0.6 is 0 Å². The van der Waals surface area contributed by atoms with Gasteiger partial charge in [0.05, 0.1) is 18.4 Å². The number of rotatable bonds is 3. The fourth-order valence-corrected chi connectivity index (χ4v) is 3.71. The molecule has 1 aromatic heterocycles. The number of methoxy groups -OCH3 is 1. The first-order valence-corrected chi connectivity index (χ1v) is 9.22. The molecule has 1 heterocycles. The summed E-state index contributed by atoms with van der Waals surface area (Å²) in [5, 5.41) is 2.17. The molecule has 0 aliphatic carbocycles. The number of carbonyl (C=O) groups excluding carboxylic acids is 1. The maximum atomic E-state index is 12.1. The van der Waals surface area contributed by atoms with Crippen LogP contribution in [0.15, 0.2) is 72.9 Å². The van der Waals surface area contributed by atoms with Crippen LogP contribution in [0.4, 0.5) is 0 Å². The predicted octanol–water partition coefficient (Wildman–Crippen LogP) is 5.97. The SMILES string of the molecule is COC(=O)c1ccccc1-c1ccc2c(-c3cc(C)cc(C)c3)nccc2c1. The summed E-state index contributed by atoms with van der Waals surface area (Å²) in [4.78, 5) is 16.8. The van der Waals surface area contributed by atoms with Gasteiger partial charge in [-0.3, -0.25) is 4.98 Å². The molecule has 28 heavy (non-hydrogen) atoms. The van der Waals surface area contributed by atoms with E-state index in [-0.39, 0.29) is 5.97 Å². The summed E-state index contributed by atoms with van der Waals surface area (Å²) in [6, 6.07) is 22.2. The van der Waals surface area contributed by atoms with Crippen molar-refractivity contribution in [3.8, 4) is 22.4 Å². The highest BCUT2D eigenvalue weighted by Gasteiger charge is 2.14. The molecule has 0 saturated carbocycles. The maximum absolute atomic E-state index is 12.1. The minimum atomic E-state index is -0.332. The van der Waals surface area contributed by atoms with E-state index >= 15 is 0 Å². The fraction of sp³-hybridized carbons (Fsp3) is 0.120. The van der Waals surface area contributed by atoms with Crippen LogP contribution in [0.2, 0.25) is 0 Å². The molecule has 0 aliphatic heterocycles. The van der Waals surface area contributed by atoms with Crippen molar-refractivity contribution in [2.75, 3.05) is 7.11 Å². The molecule has 0 aliphatic rings. The highest BCUT2D eigenvalue weighted by atomic mass is 16.5. The molecule has 0 atom stereocenters. The summed E-state index contributed by atoms with van der Waals surface area (Å²) in [7, 11) is 1.40. The normalized spacial score (nSPS) is 10.8. The van der Waals surface area contributed by atoms with Gasteiger partial charge in [0.25, 0.3) is 0 Å². The number of pyridine rings is 1. The zero-order valence-electron chi connectivity index (χ0n) is 16.2. The Kier molecular flexibility index (Phi) is 4.66. The molecule has 3 aromatic carbocycles. The van der Waals surface area contributed by atoms with Crippen molar-refractivity contribution < 1.29 is 9.53 Å². The molecule has 138 valence electrons. The third-order valence-electron chi connectivity index (χ3n) is 4.90. The van der Waals surface area contributed by atoms with Crippen molar-refractivity contribution in [1.29, 1.82) is 0 Å². The van der Waals surface area contributed by atoms with Gasteiger partial charge in [-0.25, -0.2) is 4.79 Å². The molecule has 0 fully saturated rings. The van der Waals surface area contributed by atoms with Gasteiger partial charge in [-0.2, -0.15) is 0 Å². The highest BCUT2D eigenvalue weighted by Crippen LogP contribution is 2.32. The van der Waals surface area contributed by atoms with Crippen LogP contribution in [0, 0.1) is 13.8 Å². The molecule has 0 amide bonds. The third-order valence-corrected chi connectivity index (χ3v) is 4.90. The van der Waals surface area contributed by atoms with Gasteiger partial charge in [-0.1, -0.05) is 47.5 Å². The van der Waals surface area contributed by atoms with Crippen LogP contribution in [0.25, 0.3) is 33.2 Å². The number of nitrogens with zero attached hydrogens (tertiary/aromatic N) is 1. The van der Waals surface area contributed by atoms with Gasteiger partial charge in [0.1, 0.15) is 0 Å². The quantitative estimate of drug-likeness (QED) is 0.419. The largest absolute Gasteiger partial charge is 0.465 e. The van der Waals surface area contributed by atoms with Crippen LogP contribution < -0.4 is 0 Å². The number of ether oxygens (including phenoxy) is 1. The smallest absolute Gasteiger partial charge is 0.338 e. The van der Waals surface area contributed by atoms with Crippen molar-refractivity contribution in [2.45, 2.75) is 13.8 Å². The average molecular weight is 367 g/mol. The van der Waals surface area contributed by atoms with Crippen molar-refractivity contribution in [3.63, 3.8) is 0 Å². The Bertz CT molecular complexity index is 1170. The number of aryl methyl sites for hydroxylation is 2. The standard InChI is InChI=1S/C25H21NO2/c1-16-12-17(2)14-20(13-16)24-22-9-8-18(15-19(22)10-11-26-24)21-6-4-5-7-23(21)25(27)28-3/h4-15H,1-3H3. The number of fused-ring (bicyclic) bond motifs is 1. The molecule has 4 aromatic rings. The van der Waals surface area contributed by atoms with Crippen molar-refractivity contribution in [3.05, 3.63) is 89.6 Å². The van der Waals surface area contributed by atoms with E-state index in [0.29, 0.717) is 5.56 Å². The van der Waals surface area contributed by atoms with Crippen molar-refractivity contribution in [2.24, 2.45) is 0 Å². The maximum Gasteiger partial charge on any atom is 0.338 e. The molecule has 0 N–H and O–H groups in total. The van der Waals surface area contributed by atoms with Gasteiger partial charge >= 0.3 is 5.97 Å². The Morgan fingerprint density at radius 1 is 0.857 bits per heavy atom. The van der Waals surface area contributed by atoms with E-state index in [1.807, 2.05) is 36.5 Å². The molecule has 0 spiro atoms. The van der Waals surface area contributed by atoms with Crippen LogP contribution in [-0.2, 0) is 4.74 Å². The lowest BCUT2D eigenvalue weighted by atomic mass is 9.95. The first-order valence-electron chi connectivity index (χ1n) is 9.22. The number of hydrogen-bond acceptors (Lipinski definition) is 3. The van der Waals surface area contributed by atoms with E-state index in [2.05, 4.69) is 49.2 Å². The van der Waals surface area contributed by atoms with Crippen LogP contribution in [-0.4, -0.2) is 18.1 Å². The number of aromatic nitrogens is 1. The number of carbonyl (C=O) groups is 1. The minimum Gasteiger partial charge on any atom is -0.465 e. The molecule has 3 heteroatoms. The molecule has 3 nitrogen and oxygen atoms in total. The Morgan fingerprint density at radius 2 is 1.61 bits per heavy atom. The molecule has 0 bridgehead atoms. The zero-order valence-corrected chi connectivity index (χ0v) is 16.2. The Balaban J connectivity index is 1.88. The second kappa shape index (κ2) is 7.28. The van der Waals surface area contributed by atoms with Gasteiger partial charge in [0.2, 0.25) is 0 Å². The third kappa shape index (κ3) is 3.27. The van der Waals surface area contributed by atoms with E-state index < -0.39 is 0 Å². The van der Waals surface area contributed by atoms with E-state index in [1.165, 1.54) is 18.2 Å². The molecule has 0 unspecified atom stereocenters. The van der Waals surface area contributed by atoms with Gasteiger partial charge < -0.3 is 4.74 Å². The summed E-state index contributed by atoms with van der Waals surface area (Å²) in [5.41, 5.74) is 6.93. The zero-order chi connectivity index (χ0) is 19.7. The van der Waals surface area contributed by atoms with Gasteiger partial charge in [0.15, 0.2) is 0 Å². The lowest BCUT2D eigenvalue weighted by molar-refractivity contribution is 0.0601. The summed E-state index contributed by atoms with van der Waals surface area (Å²) in [6.07, 6.45) is 1.84. The number of benzene rings is 3. The van der Waals surface area contributed by atoms with Crippen molar-refractivity contribution >= 4 is 16.7 Å². The molecular formula is C25H21NO2. The Labute approximate surface area is 164 Å². The minimum absolute atomic E-state index is 0.332. The van der Waals surface area contributed by atoms with Crippen LogP contribution in [0.3, 0.4) is 0 Å². The molecule has 0 radical (unpaired) electrons. The van der Waals surface area contributed by atoms with Crippen LogP contribution in [0.1, 0.15) is 21.5 Å². The number of hydrogen-bond donors (Lipinski definition) is 0. The van der Waals surface area contributed by atoms with E-state index in [1.54, 1.807) is 6.07 Å². The summed E-state index contributed by atoms with van der Waals surface area (Å²) < 4.78 is 4.94. The molecule has 0 saturated heterocycles. The van der Waals surface area contributed by atoms with E-state index in [4.69, 9.17) is 4.74 Å².